The molecule has 1 rings (SSSR count). The molecule has 24 heavy (non-hydrogen) atoms. The summed E-state index contributed by atoms with van der Waals surface area (Å²) in [6.45, 7) is 10.1. The monoisotopic (exact) mass is 346 g/mol. The minimum Gasteiger partial charge on any atom is -0.374 e. The van der Waals surface area contributed by atoms with Gasteiger partial charge < -0.3 is 20.0 Å². The van der Waals surface area contributed by atoms with Crippen molar-refractivity contribution in [3.8, 4) is 0 Å². The molecule has 1 heterocycles. The Labute approximate surface area is 143 Å². The van der Waals surface area contributed by atoms with Crippen LogP contribution in [-0.2, 0) is 28.7 Å². The van der Waals surface area contributed by atoms with E-state index in [-0.39, 0.29) is 25.6 Å². The number of amides is 2. The lowest BCUT2D eigenvalue weighted by molar-refractivity contribution is -0.201. The van der Waals surface area contributed by atoms with Crippen molar-refractivity contribution in [1.29, 1.82) is 0 Å². The first kappa shape index (κ1) is 22.5. The zero-order valence-electron chi connectivity index (χ0n) is 15.3. The number of hydrogen-bond acceptors (Lipinski definition) is 7. The SMILES string of the molecule is CC.CC(CCOC(C)(C)CN)OCC(=O)ON1C(=O)CCC1=O. The fraction of sp³-hybridized carbons (Fsp3) is 0.812. The van der Waals surface area contributed by atoms with E-state index in [4.69, 9.17) is 15.2 Å². The Morgan fingerprint density at radius 3 is 2.29 bits per heavy atom. The lowest BCUT2D eigenvalue weighted by Gasteiger charge is -2.24. The maximum absolute atomic E-state index is 11.5. The van der Waals surface area contributed by atoms with E-state index in [9.17, 15) is 14.4 Å². The van der Waals surface area contributed by atoms with E-state index in [0.717, 1.165) is 0 Å². The number of nitrogens with zero attached hydrogens (tertiary/aromatic N) is 1. The van der Waals surface area contributed by atoms with E-state index in [2.05, 4.69) is 4.84 Å². The third-order valence-corrected chi connectivity index (χ3v) is 3.19. The maximum atomic E-state index is 11.5. The topological polar surface area (TPSA) is 108 Å². The van der Waals surface area contributed by atoms with Gasteiger partial charge >= 0.3 is 5.97 Å². The van der Waals surface area contributed by atoms with E-state index in [1.807, 2.05) is 27.7 Å². The molecule has 1 fully saturated rings. The summed E-state index contributed by atoms with van der Waals surface area (Å²) in [5.74, 6) is -1.80. The third kappa shape index (κ3) is 8.37. The molecule has 1 aliphatic heterocycles. The molecule has 1 atom stereocenters. The lowest BCUT2D eigenvalue weighted by Crippen LogP contribution is -2.35. The van der Waals surface area contributed by atoms with Crippen LogP contribution in [0.1, 0.15) is 53.9 Å². The molecule has 0 saturated carbocycles. The Kier molecular flexibility index (Phi) is 10.4. The van der Waals surface area contributed by atoms with Gasteiger partial charge in [-0.25, -0.2) is 4.79 Å². The molecule has 1 saturated heterocycles. The van der Waals surface area contributed by atoms with E-state index >= 15 is 0 Å². The van der Waals surface area contributed by atoms with Gasteiger partial charge in [-0.1, -0.05) is 13.8 Å². The van der Waals surface area contributed by atoms with Gasteiger partial charge in [0.25, 0.3) is 11.8 Å². The van der Waals surface area contributed by atoms with Gasteiger partial charge in [0.1, 0.15) is 6.61 Å². The number of carbonyl (C=O) groups excluding carboxylic acids is 3. The van der Waals surface area contributed by atoms with Crippen molar-refractivity contribution in [3.63, 3.8) is 0 Å². The fourth-order valence-corrected chi connectivity index (χ4v) is 1.64. The number of hydrogen-bond donors (Lipinski definition) is 1. The first-order valence-electron chi connectivity index (χ1n) is 8.27. The Morgan fingerprint density at radius 2 is 1.79 bits per heavy atom. The molecule has 0 radical (unpaired) electrons. The highest BCUT2D eigenvalue weighted by molar-refractivity contribution is 6.01. The molecule has 0 aromatic heterocycles. The second kappa shape index (κ2) is 11.1. The van der Waals surface area contributed by atoms with E-state index in [1.165, 1.54) is 0 Å². The van der Waals surface area contributed by atoms with Crippen LogP contribution in [-0.4, -0.2) is 54.3 Å². The lowest BCUT2D eigenvalue weighted by atomic mass is 10.1. The number of imide groups is 1. The van der Waals surface area contributed by atoms with Crippen molar-refractivity contribution >= 4 is 17.8 Å². The second-order valence-electron chi connectivity index (χ2n) is 5.77. The Morgan fingerprint density at radius 1 is 1.25 bits per heavy atom. The van der Waals surface area contributed by atoms with E-state index in [1.54, 1.807) is 6.92 Å². The van der Waals surface area contributed by atoms with Crippen molar-refractivity contribution in [3.05, 3.63) is 0 Å². The molecular formula is C16H30N2O6. The molecule has 0 aromatic rings. The van der Waals surface area contributed by atoms with Crippen LogP contribution in [0.15, 0.2) is 0 Å². The van der Waals surface area contributed by atoms with Crippen LogP contribution < -0.4 is 5.73 Å². The summed E-state index contributed by atoms with van der Waals surface area (Å²) in [5.41, 5.74) is 5.15. The molecule has 1 unspecified atom stereocenters. The average Bonchev–Trinajstić information content (AvgIpc) is 2.86. The number of carbonyl (C=O) groups is 3. The Bertz CT molecular complexity index is 409. The minimum atomic E-state index is -0.779. The summed E-state index contributed by atoms with van der Waals surface area (Å²) in [7, 11) is 0. The van der Waals surface area contributed by atoms with Gasteiger partial charge in [-0.15, -0.1) is 5.06 Å². The largest absolute Gasteiger partial charge is 0.374 e. The van der Waals surface area contributed by atoms with Crippen molar-refractivity contribution < 1.29 is 28.7 Å². The van der Waals surface area contributed by atoms with Gasteiger partial charge in [0.15, 0.2) is 0 Å². The number of rotatable bonds is 9. The Balaban J connectivity index is 0.00000254. The van der Waals surface area contributed by atoms with E-state index in [0.29, 0.717) is 24.6 Å². The van der Waals surface area contributed by atoms with Gasteiger partial charge in [-0.3, -0.25) is 9.59 Å². The summed E-state index contributed by atoms with van der Waals surface area (Å²) in [6.07, 6.45) is 0.485. The van der Waals surface area contributed by atoms with Crippen LogP contribution in [0.5, 0.6) is 0 Å². The normalized spacial score (nSPS) is 15.8. The van der Waals surface area contributed by atoms with Gasteiger partial charge in [-0.05, 0) is 27.2 Å². The first-order valence-corrected chi connectivity index (χ1v) is 8.27. The van der Waals surface area contributed by atoms with Crippen LogP contribution in [0.2, 0.25) is 0 Å². The summed E-state index contributed by atoms with van der Waals surface area (Å²) >= 11 is 0. The first-order chi connectivity index (χ1) is 11.2. The van der Waals surface area contributed by atoms with Crippen molar-refractivity contribution in [2.75, 3.05) is 19.8 Å². The standard InChI is InChI=1S/C14H24N2O6.C2H6/c1-10(6-7-21-14(2,3)9-15)20-8-13(19)22-16-11(17)4-5-12(16)18;1-2/h10H,4-9,15H2,1-3H3;1-2H3. The van der Waals surface area contributed by atoms with Crippen LogP contribution in [0.25, 0.3) is 0 Å². The summed E-state index contributed by atoms with van der Waals surface area (Å²) in [4.78, 5) is 38.8. The van der Waals surface area contributed by atoms with Crippen molar-refractivity contribution in [2.24, 2.45) is 5.73 Å². The van der Waals surface area contributed by atoms with Crippen LogP contribution in [0.4, 0.5) is 0 Å². The van der Waals surface area contributed by atoms with Gasteiger partial charge in [0, 0.05) is 26.0 Å². The summed E-state index contributed by atoms with van der Waals surface area (Å²) < 4.78 is 10.9. The molecule has 8 heteroatoms. The number of nitrogens with two attached hydrogens (primary N) is 1. The fourth-order valence-electron chi connectivity index (χ4n) is 1.64. The summed E-state index contributed by atoms with van der Waals surface area (Å²) in [5, 5.41) is 0.503. The Hall–Kier alpha value is -1.51. The molecule has 0 spiro atoms. The minimum absolute atomic E-state index is 0.0671. The predicted molar refractivity (Wildman–Crippen MR) is 87.6 cm³/mol. The van der Waals surface area contributed by atoms with Crippen molar-refractivity contribution in [1.82, 2.24) is 5.06 Å². The second-order valence-corrected chi connectivity index (χ2v) is 5.77. The quantitative estimate of drug-likeness (QED) is 0.624. The van der Waals surface area contributed by atoms with Gasteiger partial charge in [0.2, 0.25) is 0 Å². The molecule has 2 N–H and O–H groups in total. The zero-order chi connectivity index (χ0) is 18.8. The maximum Gasteiger partial charge on any atom is 0.358 e. The molecule has 1 aliphatic rings. The average molecular weight is 346 g/mol. The highest BCUT2D eigenvalue weighted by Gasteiger charge is 2.32. The van der Waals surface area contributed by atoms with Crippen LogP contribution in [0.3, 0.4) is 0 Å². The molecular weight excluding hydrogens is 316 g/mol. The van der Waals surface area contributed by atoms with Gasteiger partial charge in [-0.2, -0.15) is 0 Å². The highest BCUT2D eigenvalue weighted by atomic mass is 16.7. The van der Waals surface area contributed by atoms with Crippen LogP contribution in [0, 0.1) is 0 Å². The smallest absolute Gasteiger partial charge is 0.358 e. The van der Waals surface area contributed by atoms with Crippen LogP contribution >= 0.6 is 0 Å². The molecule has 0 aliphatic carbocycles. The van der Waals surface area contributed by atoms with Crippen molar-refractivity contribution in [2.45, 2.75) is 65.6 Å². The molecule has 8 nitrogen and oxygen atoms in total. The van der Waals surface area contributed by atoms with E-state index < -0.39 is 23.4 Å². The third-order valence-electron chi connectivity index (χ3n) is 3.19. The molecule has 0 bridgehead atoms. The predicted octanol–water partition coefficient (Wildman–Crippen LogP) is 1.17. The molecule has 0 aromatic carbocycles. The number of hydroxylamine groups is 2. The number of ether oxygens (including phenoxy) is 2. The molecule has 140 valence electrons. The zero-order valence-corrected chi connectivity index (χ0v) is 15.3. The highest BCUT2D eigenvalue weighted by Crippen LogP contribution is 2.12. The van der Waals surface area contributed by atoms with Gasteiger partial charge in [0.05, 0.1) is 11.7 Å². The summed E-state index contributed by atoms with van der Waals surface area (Å²) in [6, 6.07) is 0. The molecule has 2 amide bonds.